The third-order valence-electron chi connectivity index (χ3n) is 12.6. The molecule has 2 unspecified atom stereocenters. The molecule has 0 N–H and O–H groups in total. The summed E-state index contributed by atoms with van der Waals surface area (Å²) in [5.74, 6) is -0.921. The van der Waals surface area contributed by atoms with Gasteiger partial charge in [0.25, 0.3) is 0 Å². The summed E-state index contributed by atoms with van der Waals surface area (Å²) in [5.41, 5.74) is 1.36. The van der Waals surface area contributed by atoms with Crippen LogP contribution in [0, 0.1) is 34.5 Å². The van der Waals surface area contributed by atoms with Crippen LogP contribution >= 0.6 is 0 Å². The first-order chi connectivity index (χ1) is 23.2. The highest BCUT2D eigenvalue weighted by Gasteiger charge is 2.57. The van der Waals surface area contributed by atoms with Gasteiger partial charge in [-0.3, -0.25) is 0 Å². The second-order valence-corrected chi connectivity index (χ2v) is 16.8. The van der Waals surface area contributed by atoms with E-state index in [2.05, 4.69) is 27.7 Å². The van der Waals surface area contributed by atoms with Gasteiger partial charge in [0, 0.05) is 6.42 Å². The van der Waals surface area contributed by atoms with Crippen LogP contribution in [0.5, 0.6) is 5.75 Å². The Kier molecular flexibility index (Phi) is 14.7. The van der Waals surface area contributed by atoms with E-state index in [1.165, 1.54) is 96.3 Å². The summed E-state index contributed by atoms with van der Waals surface area (Å²) in [7, 11) is 0. The number of rotatable bonds is 15. The molecule has 1 aromatic carbocycles. The highest BCUT2D eigenvalue weighted by Crippen LogP contribution is 2.59. The van der Waals surface area contributed by atoms with Crippen LogP contribution in [0.1, 0.15) is 168 Å². The van der Waals surface area contributed by atoms with Crippen molar-refractivity contribution >= 4 is 0 Å². The van der Waals surface area contributed by atoms with Gasteiger partial charge in [-0.1, -0.05) is 104 Å². The van der Waals surface area contributed by atoms with Crippen molar-refractivity contribution in [3.05, 3.63) is 29.8 Å². The van der Waals surface area contributed by atoms with Gasteiger partial charge >= 0.3 is 12.4 Å². The average molecular weight is 703 g/mol. The van der Waals surface area contributed by atoms with E-state index in [0.29, 0.717) is 35.8 Å². The third-order valence-corrected chi connectivity index (χ3v) is 12.6. The Balaban J connectivity index is 1.58. The maximum atomic E-state index is 13.6. The zero-order valence-electron chi connectivity index (χ0n) is 30.7. The Hall–Kier alpha value is -1.44. The van der Waals surface area contributed by atoms with Crippen LogP contribution in [-0.2, 0) is 4.74 Å². The van der Waals surface area contributed by atoms with E-state index < -0.39 is 31.2 Å². The van der Waals surface area contributed by atoms with Gasteiger partial charge in [0.1, 0.15) is 5.75 Å². The lowest BCUT2D eigenvalue weighted by atomic mass is 9.50. The molecule has 3 aliphatic carbocycles. The van der Waals surface area contributed by atoms with E-state index in [0.717, 1.165) is 24.8 Å². The molecule has 3 saturated carbocycles. The van der Waals surface area contributed by atoms with E-state index >= 15 is 0 Å². The standard InChI is InChI=1S/C41H64F6O2/c1-5-16-35(38(2,3)4)30-24-26-34(27-25-30)49-37(48-29-36(40(42,43)44)41(45,46)47)23-15-28-39(31-17-9-6-10-18-31,32-19-11-7-12-20-32)33-21-13-8-14-22-33/h24-27,31-33,35-37H,5-23,28-29H2,1-4H3. The molecule has 4 rings (SSSR count). The molecule has 0 amide bonds. The molecule has 0 bridgehead atoms. The minimum absolute atomic E-state index is 0.0374. The van der Waals surface area contributed by atoms with Gasteiger partial charge in [-0.2, -0.15) is 26.3 Å². The van der Waals surface area contributed by atoms with E-state index in [9.17, 15) is 26.3 Å². The van der Waals surface area contributed by atoms with Crippen molar-refractivity contribution in [3.8, 4) is 5.75 Å². The van der Waals surface area contributed by atoms with E-state index in [1.807, 2.05) is 12.1 Å². The van der Waals surface area contributed by atoms with Gasteiger partial charge in [0.15, 0.2) is 12.2 Å². The van der Waals surface area contributed by atoms with Crippen molar-refractivity contribution < 1.29 is 35.8 Å². The molecule has 3 aliphatic rings. The third kappa shape index (κ3) is 11.0. The SMILES string of the molecule is CCCC(c1ccc(OC(CCCC(C2CCCCC2)(C2CCCCC2)C2CCCCC2)OCC(C(F)(F)F)C(F)(F)F)cc1)C(C)(C)C. The summed E-state index contributed by atoms with van der Waals surface area (Å²) in [4.78, 5) is 0. The summed E-state index contributed by atoms with van der Waals surface area (Å²) in [6, 6.07) is 7.54. The number of hydrogen-bond donors (Lipinski definition) is 0. The first kappa shape index (κ1) is 40.3. The number of ether oxygens (including phenoxy) is 2. The molecule has 0 saturated heterocycles. The Morgan fingerprint density at radius 2 is 1.10 bits per heavy atom. The van der Waals surface area contributed by atoms with E-state index in [-0.39, 0.29) is 17.3 Å². The molecule has 1 aromatic rings. The van der Waals surface area contributed by atoms with Gasteiger partial charge in [-0.05, 0) is 110 Å². The van der Waals surface area contributed by atoms with Crippen molar-refractivity contribution in [1.82, 2.24) is 0 Å². The normalized spacial score (nSPS) is 21.2. The van der Waals surface area contributed by atoms with Crippen molar-refractivity contribution in [1.29, 1.82) is 0 Å². The topological polar surface area (TPSA) is 18.5 Å². The summed E-state index contributed by atoms with van der Waals surface area (Å²) in [6.45, 7) is 7.25. The Bertz CT molecular complexity index is 1010. The molecule has 49 heavy (non-hydrogen) atoms. The minimum Gasteiger partial charge on any atom is -0.465 e. The molecule has 0 spiro atoms. The summed E-state index contributed by atoms with van der Waals surface area (Å²) in [6.07, 6.45) is 10.6. The van der Waals surface area contributed by atoms with Crippen LogP contribution in [0.15, 0.2) is 24.3 Å². The molecule has 0 heterocycles. The van der Waals surface area contributed by atoms with Crippen LogP contribution in [-0.4, -0.2) is 25.2 Å². The molecular weight excluding hydrogens is 638 g/mol. The quantitative estimate of drug-likeness (QED) is 0.134. The fourth-order valence-electron chi connectivity index (χ4n) is 10.2. The fourth-order valence-corrected chi connectivity index (χ4v) is 10.2. The molecule has 0 aliphatic heterocycles. The smallest absolute Gasteiger partial charge is 0.402 e. The van der Waals surface area contributed by atoms with Crippen LogP contribution in [0.3, 0.4) is 0 Å². The predicted molar refractivity (Wildman–Crippen MR) is 186 cm³/mol. The minimum atomic E-state index is -5.45. The van der Waals surface area contributed by atoms with Crippen LogP contribution in [0.2, 0.25) is 0 Å². The first-order valence-corrected chi connectivity index (χ1v) is 19.7. The number of alkyl halides is 6. The average Bonchev–Trinajstić information content (AvgIpc) is 3.05. The van der Waals surface area contributed by atoms with Gasteiger partial charge in [0.05, 0.1) is 6.61 Å². The van der Waals surface area contributed by atoms with Gasteiger partial charge in [-0.15, -0.1) is 0 Å². The van der Waals surface area contributed by atoms with Crippen molar-refractivity contribution in [3.63, 3.8) is 0 Å². The second-order valence-electron chi connectivity index (χ2n) is 16.8. The molecule has 2 nitrogen and oxygen atoms in total. The van der Waals surface area contributed by atoms with Crippen molar-refractivity contribution in [2.45, 2.75) is 181 Å². The Morgan fingerprint density at radius 1 is 0.653 bits per heavy atom. The maximum Gasteiger partial charge on any atom is 0.402 e. The second kappa shape index (κ2) is 17.9. The van der Waals surface area contributed by atoms with Gasteiger partial charge in [-0.25, -0.2) is 0 Å². The Labute approximate surface area is 292 Å². The van der Waals surface area contributed by atoms with Crippen molar-refractivity contribution in [2.75, 3.05) is 6.61 Å². The maximum absolute atomic E-state index is 13.6. The van der Waals surface area contributed by atoms with E-state index in [1.54, 1.807) is 12.1 Å². The predicted octanol–water partition coefficient (Wildman–Crippen LogP) is 14.0. The van der Waals surface area contributed by atoms with Gasteiger partial charge in [0.2, 0.25) is 0 Å². The molecule has 0 radical (unpaired) electrons. The monoisotopic (exact) mass is 702 g/mol. The lowest BCUT2D eigenvalue weighted by Crippen LogP contribution is -2.47. The summed E-state index contributed by atoms with van der Waals surface area (Å²) >= 11 is 0. The van der Waals surface area contributed by atoms with E-state index in [4.69, 9.17) is 9.47 Å². The van der Waals surface area contributed by atoms with Crippen LogP contribution < -0.4 is 4.74 Å². The Morgan fingerprint density at radius 3 is 1.49 bits per heavy atom. The van der Waals surface area contributed by atoms with Crippen LogP contribution in [0.4, 0.5) is 26.3 Å². The molecule has 3 fully saturated rings. The number of halogens is 6. The van der Waals surface area contributed by atoms with Gasteiger partial charge < -0.3 is 9.47 Å². The lowest BCUT2D eigenvalue weighted by Gasteiger charge is -2.55. The molecule has 8 heteroatoms. The molecule has 0 aromatic heterocycles. The molecule has 282 valence electrons. The highest BCUT2D eigenvalue weighted by molar-refractivity contribution is 5.30. The first-order valence-electron chi connectivity index (χ1n) is 19.7. The van der Waals surface area contributed by atoms with Crippen LogP contribution in [0.25, 0.3) is 0 Å². The highest BCUT2D eigenvalue weighted by atomic mass is 19.4. The molecule has 2 atom stereocenters. The summed E-state index contributed by atoms with van der Waals surface area (Å²) < 4.78 is 93.0. The zero-order chi connectivity index (χ0) is 35.7. The zero-order valence-corrected chi connectivity index (χ0v) is 30.7. The number of hydrogen-bond acceptors (Lipinski definition) is 2. The molecular formula is C41H64F6O2. The largest absolute Gasteiger partial charge is 0.465 e. The summed E-state index contributed by atoms with van der Waals surface area (Å²) in [5, 5.41) is 0. The lowest BCUT2D eigenvalue weighted by molar-refractivity contribution is -0.301. The van der Waals surface area contributed by atoms with Crippen molar-refractivity contribution in [2.24, 2.45) is 34.5 Å². The number of benzene rings is 1. The fraction of sp³-hybridized carbons (Fsp3) is 0.854.